The Morgan fingerprint density at radius 1 is 1.30 bits per heavy atom. The molecule has 2 aromatic heterocycles. The zero-order valence-corrected chi connectivity index (χ0v) is 13.4. The Kier molecular flexibility index (Phi) is 4.92. The fourth-order valence-electron chi connectivity index (χ4n) is 2.46. The number of furan rings is 1. The third kappa shape index (κ3) is 3.89. The van der Waals surface area contributed by atoms with Gasteiger partial charge in [0, 0.05) is 50.7 Å². The number of hydrogen-bond acceptors (Lipinski definition) is 6. The largest absolute Gasteiger partial charge is 0.459 e. The van der Waals surface area contributed by atoms with E-state index in [1.54, 1.807) is 29.7 Å². The molecule has 2 aromatic rings. The summed E-state index contributed by atoms with van der Waals surface area (Å²) in [7, 11) is 0. The summed E-state index contributed by atoms with van der Waals surface area (Å²) in [5, 5.41) is 5.64. The van der Waals surface area contributed by atoms with Gasteiger partial charge in [0.15, 0.2) is 10.9 Å². The standard InChI is InChI=1S/C15H18N4O3S/c20-13(3-4-16-14(21)12-2-1-10-22-12)18-6-8-19(9-7-18)15-17-5-11-23-15/h1-2,5,10-11H,3-4,6-9H2,(H,16,21). The van der Waals surface area contributed by atoms with Crippen molar-refractivity contribution in [1.82, 2.24) is 15.2 Å². The van der Waals surface area contributed by atoms with Crippen LogP contribution in [-0.2, 0) is 4.79 Å². The number of aromatic nitrogens is 1. The first-order valence-electron chi connectivity index (χ1n) is 7.48. The average Bonchev–Trinajstić information content (AvgIpc) is 3.28. The minimum Gasteiger partial charge on any atom is -0.459 e. The van der Waals surface area contributed by atoms with E-state index in [1.807, 2.05) is 10.3 Å². The summed E-state index contributed by atoms with van der Waals surface area (Å²) in [6.45, 7) is 3.26. The van der Waals surface area contributed by atoms with Crippen molar-refractivity contribution >= 4 is 28.3 Å². The molecule has 7 nitrogen and oxygen atoms in total. The number of carbonyl (C=O) groups excluding carboxylic acids is 2. The van der Waals surface area contributed by atoms with Crippen LogP contribution in [0.25, 0.3) is 0 Å². The molecule has 0 saturated carbocycles. The van der Waals surface area contributed by atoms with Crippen LogP contribution in [-0.4, -0.2) is 54.4 Å². The predicted octanol–water partition coefficient (Wildman–Crippen LogP) is 1.20. The summed E-state index contributed by atoms with van der Waals surface area (Å²) in [5.41, 5.74) is 0. The maximum Gasteiger partial charge on any atom is 0.286 e. The van der Waals surface area contributed by atoms with Gasteiger partial charge < -0.3 is 19.5 Å². The summed E-state index contributed by atoms with van der Waals surface area (Å²) >= 11 is 1.61. The van der Waals surface area contributed by atoms with Crippen LogP contribution in [0.2, 0.25) is 0 Å². The van der Waals surface area contributed by atoms with Crippen molar-refractivity contribution < 1.29 is 14.0 Å². The van der Waals surface area contributed by atoms with Crippen LogP contribution in [0.3, 0.4) is 0 Å². The van der Waals surface area contributed by atoms with E-state index >= 15 is 0 Å². The molecular weight excluding hydrogens is 316 g/mol. The van der Waals surface area contributed by atoms with Crippen molar-refractivity contribution in [1.29, 1.82) is 0 Å². The highest BCUT2D eigenvalue weighted by atomic mass is 32.1. The lowest BCUT2D eigenvalue weighted by molar-refractivity contribution is -0.131. The van der Waals surface area contributed by atoms with Gasteiger partial charge in [0.1, 0.15) is 0 Å². The van der Waals surface area contributed by atoms with Gasteiger partial charge in [-0.3, -0.25) is 9.59 Å². The van der Waals surface area contributed by atoms with Crippen molar-refractivity contribution in [2.45, 2.75) is 6.42 Å². The number of nitrogens with one attached hydrogen (secondary N) is 1. The number of rotatable bonds is 5. The number of nitrogens with zero attached hydrogens (tertiary/aromatic N) is 3. The molecule has 1 aliphatic heterocycles. The molecule has 1 N–H and O–H groups in total. The van der Waals surface area contributed by atoms with Crippen LogP contribution < -0.4 is 10.2 Å². The number of carbonyl (C=O) groups is 2. The lowest BCUT2D eigenvalue weighted by atomic mass is 10.3. The summed E-state index contributed by atoms with van der Waals surface area (Å²) in [6, 6.07) is 3.25. The first-order chi connectivity index (χ1) is 11.2. The van der Waals surface area contributed by atoms with Crippen molar-refractivity contribution in [3.8, 4) is 0 Å². The maximum absolute atomic E-state index is 12.2. The molecule has 1 aliphatic rings. The third-order valence-electron chi connectivity index (χ3n) is 3.69. The quantitative estimate of drug-likeness (QED) is 0.889. The van der Waals surface area contributed by atoms with Gasteiger partial charge in [-0.1, -0.05) is 0 Å². The molecule has 23 heavy (non-hydrogen) atoms. The molecule has 3 heterocycles. The van der Waals surface area contributed by atoms with Gasteiger partial charge in [0.25, 0.3) is 5.91 Å². The van der Waals surface area contributed by atoms with Crippen LogP contribution >= 0.6 is 11.3 Å². The average molecular weight is 334 g/mol. The van der Waals surface area contributed by atoms with Crippen LogP contribution in [0.1, 0.15) is 17.0 Å². The normalized spacial score (nSPS) is 14.8. The fraction of sp³-hybridized carbons (Fsp3) is 0.400. The SMILES string of the molecule is O=C(NCCC(=O)N1CCN(c2nccs2)CC1)c1ccco1. The molecule has 0 atom stereocenters. The van der Waals surface area contributed by atoms with Gasteiger partial charge in [0.2, 0.25) is 5.91 Å². The summed E-state index contributed by atoms with van der Waals surface area (Å²) < 4.78 is 5.00. The van der Waals surface area contributed by atoms with Crippen LogP contribution in [0, 0.1) is 0 Å². The van der Waals surface area contributed by atoms with Crippen molar-refractivity contribution in [3.05, 3.63) is 35.7 Å². The molecule has 0 spiro atoms. The zero-order valence-electron chi connectivity index (χ0n) is 12.6. The highest BCUT2D eigenvalue weighted by Gasteiger charge is 2.22. The van der Waals surface area contributed by atoms with E-state index in [0.717, 1.165) is 18.2 Å². The van der Waals surface area contributed by atoms with Gasteiger partial charge in [-0.25, -0.2) is 4.98 Å². The van der Waals surface area contributed by atoms with E-state index in [9.17, 15) is 9.59 Å². The number of piperazine rings is 1. The molecule has 0 aromatic carbocycles. The summed E-state index contributed by atoms with van der Waals surface area (Å²) in [4.78, 5) is 32.2. The van der Waals surface area contributed by atoms with E-state index in [1.165, 1.54) is 6.26 Å². The minimum atomic E-state index is -0.295. The van der Waals surface area contributed by atoms with E-state index < -0.39 is 0 Å². The first kappa shape index (κ1) is 15.5. The molecular formula is C15H18N4O3S. The second kappa shape index (κ2) is 7.28. The summed E-state index contributed by atoms with van der Waals surface area (Å²) in [6.07, 6.45) is 3.53. The highest BCUT2D eigenvalue weighted by molar-refractivity contribution is 7.13. The second-order valence-corrected chi connectivity index (χ2v) is 6.04. The van der Waals surface area contributed by atoms with Gasteiger partial charge in [-0.2, -0.15) is 0 Å². The minimum absolute atomic E-state index is 0.0588. The van der Waals surface area contributed by atoms with Crippen LogP contribution in [0.15, 0.2) is 34.4 Å². The van der Waals surface area contributed by atoms with Crippen LogP contribution in [0.5, 0.6) is 0 Å². The van der Waals surface area contributed by atoms with Crippen LogP contribution in [0.4, 0.5) is 5.13 Å². The molecule has 3 rings (SSSR count). The molecule has 122 valence electrons. The number of anilines is 1. The second-order valence-electron chi connectivity index (χ2n) is 5.17. The van der Waals surface area contributed by atoms with Crippen molar-refractivity contribution in [3.63, 3.8) is 0 Å². The lowest BCUT2D eigenvalue weighted by Gasteiger charge is -2.34. The monoisotopic (exact) mass is 334 g/mol. The van der Waals surface area contributed by atoms with Gasteiger partial charge in [0.05, 0.1) is 6.26 Å². The summed E-state index contributed by atoms with van der Waals surface area (Å²) in [5.74, 6) is 0.0226. The highest BCUT2D eigenvalue weighted by Crippen LogP contribution is 2.19. The van der Waals surface area contributed by atoms with Gasteiger partial charge in [-0.05, 0) is 12.1 Å². The first-order valence-corrected chi connectivity index (χ1v) is 8.36. The van der Waals surface area contributed by atoms with E-state index in [4.69, 9.17) is 4.42 Å². The lowest BCUT2D eigenvalue weighted by Crippen LogP contribution is -2.49. The Morgan fingerprint density at radius 2 is 2.13 bits per heavy atom. The number of thiazole rings is 1. The molecule has 1 fully saturated rings. The zero-order chi connectivity index (χ0) is 16.1. The topological polar surface area (TPSA) is 78.7 Å². The molecule has 1 saturated heterocycles. The number of hydrogen-bond donors (Lipinski definition) is 1. The van der Waals surface area contributed by atoms with Gasteiger partial charge in [-0.15, -0.1) is 11.3 Å². The molecule has 0 unspecified atom stereocenters. The Labute approximate surface area is 137 Å². The molecule has 0 aliphatic carbocycles. The third-order valence-corrected chi connectivity index (χ3v) is 4.52. The van der Waals surface area contributed by atoms with E-state index in [-0.39, 0.29) is 17.6 Å². The van der Waals surface area contributed by atoms with Crippen molar-refractivity contribution in [2.75, 3.05) is 37.6 Å². The predicted molar refractivity (Wildman–Crippen MR) is 86.6 cm³/mol. The Balaban J connectivity index is 1.39. The molecule has 2 amide bonds. The van der Waals surface area contributed by atoms with Gasteiger partial charge >= 0.3 is 0 Å². The Bertz CT molecular complexity index is 634. The smallest absolute Gasteiger partial charge is 0.286 e. The molecule has 0 radical (unpaired) electrons. The molecule has 0 bridgehead atoms. The fourth-order valence-corrected chi connectivity index (χ4v) is 3.15. The van der Waals surface area contributed by atoms with E-state index in [0.29, 0.717) is 26.1 Å². The van der Waals surface area contributed by atoms with Crippen molar-refractivity contribution in [2.24, 2.45) is 0 Å². The number of amides is 2. The Hall–Kier alpha value is -2.35. The maximum atomic E-state index is 12.2. The Morgan fingerprint density at radius 3 is 2.78 bits per heavy atom. The van der Waals surface area contributed by atoms with E-state index in [2.05, 4.69) is 15.2 Å². The molecule has 8 heteroatoms.